The molecule has 0 heterocycles. The number of aliphatic imine (C=N–C) groups is 1. The van der Waals surface area contributed by atoms with E-state index in [0.29, 0.717) is 18.4 Å². The molecule has 3 nitrogen and oxygen atoms in total. The van der Waals surface area contributed by atoms with Gasteiger partial charge in [-0.2, -0.15) is 0 Å². The molecule has 0 saturated carbocycles. The van der Waals surface area contributed by atoms with Crippen LogP contribution in [0.15, 0.2) is 4.99 Å². The summed E-state index contributed by atoms with van der Waals surface area (Å²) in [5, 5.41) is 0. The van der Waals surface area contributed by atoms with E-state index in [1.54, 1.807) is 6.21 Å². The number of hydrogen-bond acceptors (Lipinski definition) is 3. The van der Waals surface area contributed by atoms with Crippen LogP contribution in [0.2, 0.25) is 0 Å². The lowest BCUT2D eigenvalue weighted by atomic mass is 9.84. The molecule has 0 bridgehead atoms. The van der Waals surface area contributed by atoms with Gasteiger partial charge in [0, 0.05) is 6.42 Å². The average Bonchev–Trinajstić information content (AvgIpc) is 2.16. The third-order valence-corrected chi connectivity index (χ3v) is 3.17. The van der Waals surface area contributed by atoms with Gasteiger partial charge < -0.3 is 10.5 Å². The van der Waals surface area contributed by atoms with Crippen molar-refractivity contribution in [1.29, 1.82) is 0 Å². The summed E-state index contributed by atoms with van der Waals surface area (Å²) in [6.45, 7) is 13.6. The van der Waals surface area contributed by atoms with Gasteiger partial charge in [-0.25, -0.2) is 0 Å². The second kappa shape index (κ2) is 7.83. The molecule has 17 heavy (non-hydrogen) atoms. The molecule has 0 saturated heterocycles. The van der Waals surface area contributed by atoms with Crippen LogP contribution in [0.4, 0.5) is 0 Å². The first kappa shape index (κ1) is 16.6. The van der Waals surface area contributed by atoms with Crippen LogP contribution in [0.5, 0.6) is 0 Å². The van der Waals surface area contributed by atoms with Crippen LogP contribution >= 0.6 is 0 Å². The van der Waals surface area contributed by atoms with Gasteiger partial charge in [-0.1, -0.05) is 27.7 Å². The lowest BCUT2D eigenvalue weighted by Crippen LogP contribution is -2.40. The summed E-state index contributed by atoms with van der Waals surface area (Å²) in [5.41, 5.74) is 5.48. The molecule has 0 spiro atoms. The van der Waals surface area contributed by atoms with E-state index in [9.17, 15) is 0 Å². The summed E-state index contributed by atoms with van der Waals surface area (Å²) in [5.74, 6) is 1.09. The Bertz CT molecular complexity index is 226. The van der Waals surface area contributed by atoms with Crippen molar-refractivity contribution in [3.63, 3.8) is 0 Å². The number of nitrogens with two attached hydrogens (primary N) is 1. The summed E-state index contributed by atoms with van der Waals surface area (Å²) in [7, 11) is 0. The van der Waals surface area contributed by atoms with Gasteiger partial charge in [-0.05, 0) is 44.9 Å². The maximum atomic E-state index is 6.21. The third kappa shape index (κ3) is 6.18. The van der Waals surface area contributed by atoms with Gasteiger partial charge in [0.15, 0.2) is 0 Å². The first-order chi connectivity index (χ1) is 7.85. The SMILES string of the molecule is C/C=N/C(CCN)OC(C)(CC(C)C)C(C)C. The second-order valence-electron chi connectivity index (χ2n) is 5.62. The Morgan fingerprint density at radius 2 is 1.88 bits per heavy atom. The Balaban J connectivity index is 4.69. The molecule has 0 aromatic heterocycles. The van der Waals surface area contributed by atoms with Crippen LogP contribution in [0, 0.1) is 11.8 Å². The van der Waals surface area contributed by atoms with Crippen molar-refractivity contribution in [2.45, 2.75) is 66.2 Å². The Labute approximate surface area is 107 Å². The summed E-state index contributed by atoms with van der Waals surface area (Å²) in [4.78, 5) is 4.36. The normalized spacial score (nSPS) is 17.9. The van der Waals surface area contributed by atoms with Gasteiger partial charge in [-0.15, -0.1) is 0 Å². The molecule has 0 amide bonds. The quantitative estimate of drug-likeness (QED) is 0.664. The summed E-state index contributed by atoms with van der Waals surface area (Å²) in [6, 6.07) is 0. The molecule has 0 aliphatic carbocycles. The molecular weight excluding hydrogens is 212 g/mol. The van der Waals surface area contributed by atoms with E-state index in [2.05, 4.69) is 39.6 Å². The standard InChI is InChI=1S/C14H30N2O/c1-7-16-13(8-9-15)17-14(6,12(4)5)10-11(2)3/h7,11-13H,8-10,15H2,1-6H3/b16-7+. The maximum Gasteiger partial charge on any atom is 0.149 e. The predicted molar refractivity (Wildman–Crippen MR) is 75.4 cm³/mol. The van der Waals surface area contributed by atoms with E-state index in [4.69, 9.17) is 10.5 Å². The van der Waals surface area contributed by atoms with Crippen LogP contribution in [-0.2, 0) is 4.74 Å². The summed E-state index contributed by atoms with van der Waals surface area (Å²) >= 11 is 0. The Morgan fingerprint density at radius 1 is 1.29 bits per heavy atom. The molecule has 2 unspecified atom stereocenters. The van der Waals surface area contributed by atoms with Crippen LogP contribution < -0.4 is 5.73 Å². The smallest absolute Gasteiger partial charge is 0.149 e. The van der Waals surface area contributed by atoms with Crippen LogP contribution in [-0.4, -0.2) is 24.6 Å². The molecule has 0 aromatic carbocycles. The monoisotopic (exact) mass is 242 g/mol. The number of hydrogen-bond donors (Lipinski definition) is 1. The molecule has 0 aliphatic heterocycles. The highest BCUT2D eigenvalue weighted by Gasteiger charge is 2.32. The fourth-order valence-corrected chi connectivity index (χ4v) is 2.01. The fourth-order valence-electron chi connectivity index (χ4n) is 2.01. The molecule has 3 heteroatoms. The van der Waals surface area contributed by atoms with Gasteiger partial charge in [-0.3, -0.25) is 4.99 Å². The van der Waals surface area contributed by atoms with Gasteiger partial charge in [0.1, 0.15) is 6.23 Å². The molecule has 0 rings (SSSR count). The van der Waals surface area contributed by atoms with Crippen molar-refractivity contribution in [1.82, 2.24) is 0 Å². The van der Waals surface area contributed by atoms with Crippen molar-refractivity contribution >= 4 is 6.21 Å². The zero-order chi connectivity index (χ0) is 13.5. The van der Waals surface area contributed by atoms with E-state index in [-0.39, 0.29) is 11.8 Å². The van der Waals surface area contributed by atoms with Gasteiger partial charge in [0.05, 0.1) is 5.60 Å². The van der Waals surface area contributed by atoms with Crippen molar-refractivity contribution in [2.75, 3.05) is 6.54 Å². The topological polar surface area (TPSA) is 47.6 Å². The lowest BCUT2D eigenvalue weighted by Gasteiger charge is -2.37. The average molecular weight is 242 g/mol. The Kier molecular flexibility index (Phi) is 7.64. The van der Waals surface area contributed by atoms with Crippen molar-refractivity contribution in [3.8, 4) is 0 Å². The molecule has 2 atom stereocenters. The first-order valence-corrected chi connectivity index (χ1v) is 6.71. The lowest BCUT2D eigenvalue weighted by molar-refractivity contribution is -0.118. The Hall–Kier alpha value is -0.410. The van der Waals surface area contributed by atoms with Crippen molar-refractivity contribution in [2.24, 2.45) is 22.6 Å². The molecular formula is C14H30N2O. The van der Waals surface area contributed by atoms with Crippen LogP contribution in [0.3, 0.4) is 0 Å². The van der Waals surface area contributed by atoms with E-state index in [0.717, 1.165) is 12.8 Å². The molecule has 0 fully saturated rings. The molecule has 0 aromatic rings. The summed E-state index contributed by atoms with van der Waals surface area (Å²) < 4.78 is 6.21. The molecule has 2 N–H and O–H groups in total. The highest BCUT2D eigenvalue weighted by atomic mass is 16.5. The Morgan fingerprint density at radius 3 is 2.24 bits per heavy atom. The maximum absolute atomic E-state index is 6.21. The molecule has 0 radical (unpaired) electrons. The third-order valence-electron chi connectivity index (χ3n) is 3.17. The fraction of sp³-hybridized carbons (Fsp3) is 0.929. The minimum absolute atomic E-state index is 0.101. The minimum Gasteiger partial charge on any atom is -0.350 e. The van der Waals surface area contributed by atoms with E-state index in [1.165, 1.54) is 0 Å². The zero-order valence-corrected chi connectivity index (χ0v) is 12.4. The summed E-state index contributed by atoms with van der Waals surface area (Å²) in [6.07, 6.45) is 3.53. The largest absolute Gasteiger partial charge is 0.350 e. The number of rotatable bonds is 8. The number of ether oxygens (including phenoxy) is 1. The zero-order valence-electron chi connectivity index (χ0n) is 12.4. The minimum atomic E-state index is -0.124. The predicted octanol–water partition coefficient (Wildman–Crippen LogP) is 3.23. The van der Waals surface area contributed by atoms with Crippen LogP contribution in [0.1, 0.15) is 54.4 Å². The number of nitrogens with zero attached hydrogens (tertiary/aromatic N) is 1. The van der Waals surface area contributed by atoms with E-state index < -0.39 is 0 Å². The van der Waals surface area contributed by atoms with Gasteiger partial charge in [0.2, 0.25) is 0 Å². The molecule has 102 valence electrons. The van der Waals surface area contributed by atoms with Gasteiger partial charge >= 0.3 is 0 Å². The van der Waals surface area contributed by atoms with Crippen molar-refractivity contribution in [3.05, 3.63) is 0 Å². The second-order valence-corrected chi connectivity index (χ2v) is 5.62. The van der Waals surface area contributed by atoms with Crippen LogP contribution in [0.25, 0.3) is 0 Å². The van der Waals surface area contributed by atoms with Crippen molar-refractivity contribution < 1.29 is 4.74 Å². The van der Waals surface area contributed by atoms with E-state index >= 15 is 0 Å². The van der Waals surface area contributed by atoms with Gasteiger partial charge in [0.25, 0.3) is 0 Å². The molecule has 0 aliphatic rings. The van der Waals surface area contributed by atoms with E-state index in [1.807, 2.05) is 6.92 Å². The highest BCUT2D eigenvalue weighted by molar-refractivity contribution is 5.53. The highest BCUT2D eigenvalue weighted by Crippen LogP contribution is 2.31. The first-order valence-electron chi connectivity index (χ1n) is 6.71.